The van der Waals surface area contributed by atoms with Gasteiger partial charge < -0.3 is 15.4 Å². The van der Waals surface area contributed by atoms with Crippen LogP contribution in [0.25, 0.3) is 0 Å². The van der Waals surface area contributed by atoms with Crippen LogP contribution in [0.3, 0.4) is 0 Å². The van der Waals surface area contributed by atoms with Gasteiger partial charge in [0, 0.05) is 38.0 Å². The van der Waals surface area contributed by atoms with Crippen molar-refractivity contribution in [3.63, 3.8) is 0 Å². The Bertz CT molecular complexity index is 682. The fraction of sp³-hybridized carbons (Fsp3) is 0.333. The van der Waals surface area contributed by atoms with Gasteiger partial charge in [0.25, 0.3) is 0 Å². The Morgan fingerprint density at radius 1 is 1.30 bits per heavy atom. The third kappa shape index (κ3) is 3.53. The molecule has 124 valence electrons. The Kier molecular flexibility index (Phi) is 4.74. The predicted octanol–water partition coefficient (Wildman–Crippen LogP) is 1.97. The normalized spacial score (nSPS) is 15.4. The number of aliphatic imine (C=N–C) groups is 1. The summed E-state index contributed by atoms with van der Waals surface area (Å²) < 4.78 is 41.1. The second-order valence-electron chi connectivity index (χ2n) is 5.10. The molecule has 1 aromatic carbocycles. The maximum Gasteiger partial charge on any atom is 0.424 e. The Hall–Kier alpha value is -2.35. The molecule has 0 aliphatic heterocycles. The number of nitrogens with two attached hydrogens (primary N) is 1. The van der Waals surface area contributed by atoms with Gasteiger partial charge in [-0.25, -0.2) is 4.98 Å². The summed E-state index contributed by atoms with van der Waals surface area (Å²) >= 11 is 0. The van der Waals surface area contributed by atoms with Gasteiger partial charge >= 0.3 is 6.18 Å². The number of amidine groups is 1. The Morgan fingerprint density at radius 3 is 2.48 bits per heavy atom. The zero-order valence-corrected chi connectivity index (χ0v) is 12.5. The van der Waals surface area contributed by atoms with Crippen LogP contribution in [0.2, 0.25) is 0 Å². The second-order valence-corrected chi connectivity index (χ2v) is 5.10. The van der Waals surface area contributed by atoms with E-state index >= 15 is 0 Å². The maximum absolute atomic E-state index is 13.3. The minimum absolute atomic E-state index is 0.120. The van der Waals surface area contributed by atoms with Crippen molar-refractivity contribution in [2.75, 3.05) is 6.54 Å². The molecule has 3 N–H and O–H groups in total. The number of halogens is 3. The zero-order chi connectivity index (χ0) is 17.1. The summed E-state index contributed by atoms with van der Waals surface area (Å²) in [7, 11) is 1.39. The third-order valence-corrected chi connectivity index (χ3v) is 3.49. The number of hydrogen-bond acceptors (Lipinski definition) is 3. The first-order chi connectivity index (χ1) is 10.8. The summed E-state index contributed by atoms with van der Waals surface area (Å²) in [6, 6.07) is 8.69. The van der Waals surface area contributed by atoms with Crippen LogP contribution in [0.15, 0.2) is 47.7 Å². The quantitative estimate of drug-likeness (QED) is 0.651. The average molecular weight is 326 g/mol. The molecule has 0 aliphatic rings. The zero-order valence-electron chi connectivity index (χ0n) is 12.5. The average Bonchev–Trinajstić information content (AvgIpc) is 2.93. The molecule has 1 atom stereocenters. The number of nitrogens with zero attached hydrogens (tertiary/aromatic N) is 3. The number of aryl methyl sites for hydroxylation is 1. The van der Waals surface area contributed by atoms with Crippen LogP contribution in [0.4, 0.5) is 13.2 Å². The highest BCUT2D eigenvalue weighted by Crippen LogP contribution is 2.40. The molecule has 1 aromatic heterocycles. The minimum atomic E-state index is -4.87. The SMILES string of the molecule is Cn1ccnc1[C@@](O)(CCN=C(N)c1ccccc1)C(F)(F)F. The van der Waals surface area contributed by atoms with Gasteiger partial charge in [0.1, 0.15) is 11.7 Å². The van der Waals surface area contributed by atoms with Crippen LogP contribution < -0.4 is 5.73 Å². The monoisotopic (exact) mass is 326 g/mol. The highest BCUT2D eigenvalue weighted by atomic mass is 19.4. The number of aliphatic hydroxyl groups is 1. The van der Waals surface area contributed by atoms with Crippen molar-refractivity contribution < 1.29 is 18.3 Å². The summed E-state index contributed by atoms with van der Waals surface area (Å²) in [5, 5.41) is 10.2. The van der Waals surface area contributed by atoms with Crippen molar-refractivity contribution in [3.05, 3.63) is 54.1 Å². The van der Waals surface area contributed by atoms with E-state index in [1.165, 1.54) is 19.4 Å². The van der Waals surface area contributed by atoms with E-state index < -0.39 is 24.0 Å². The summed E-state index contributed by atoms with van der Waals surface area (Å²) in [5.41, 5.74) is 3.28. The number of rotatable bonds is 5. The van der Waals surface area contributed by atoms with Gasteiger partial charge in [0.15, 0.2) is 0 Å². The molecule has 8 heteroatoms. The Morgan fingerprint density at radius 2 is 1.96 bits per heavy atom. The topological polar surface area (TPSA) is 76.4 Å². The molecule has 0 radical (unpaired) electrons. The molecule has 0 bridgehead atoms. The van der Waals surface area contributed by atoms with Crippen molar-refractivity contribution in [1.29, 1.82) is 0 Å². The fourth-order valence-electron chi connectivity index (χ4n) is 2.18. The van der Waals surface area contributed by atoms with Crippen molar-refractivity contribution in [2.24, 2.45) is 17.8 Å². The van der Waals surface area contributed by atoms with Gasteiger partial charge in [-0.1, -0.05) is 30.3 Å². The molecular formula is C15H17F3N4O. The lowest BCUT2D eigenvalue weighted by Crippen LogP contribution is -2.45. The van der Waals surface area contributed by atoms with Crippen molar-refractivity contribution in [2.45, 2.75) is 18.2 Å². The number of benzene rings is 1. The van der Waals surface area contributed by atoms with E-state index in [9.17, 15) is 18.3 Å². The lowest BCUT2D eigenvalue weighted by Gasteiger charge is -2.29. The largest absolute Gasteiger partial charge is 0.424 e. The van der Waals surface area contributed by atoms with Gasteiger partial charge in [-0.2, -0.15) is 13.2 Å². The van der Waals surface area contributed by atoms with Crippen molar-refractivity contribution >= 4 is 5.84 Å². The molecule has 0 unspecified atom stereocenters. The molecule has 0 saturated heterocycles. The predicted molar refractivity (Wildman–Crippen MR) is 79.8 cm³/mol. The van der Waals surface area contributed by atoms with Crippen LogP contribution in [0.1, 0.15) is 17.8 Å². The molecule has 5 nitrogen and oxygen atoms in total. The molecule has 0 saturated carbocycles. The summed E-state index contributed by atoms with van der Waals surface area (Å²) in [4.78, 5) is 7.55. The lowest BCUT2D eigenvalue weighted by molar-refractivity contribution is -0.272. The van der Waals surface area contributed by atoms with Crippen molar-refractivity contribution in [3.8, 4) is 0 Å². The molecular weight excluding hydrogens is 309 g/mol. The van der Waals surface area contributed by atoms with E-state index in [0.717, 1.165) is 4.57 Å². The smallest absolute Gasteiger partial charge is 0.384 e. The molecule has 2 aromatic rings. The first-order valence-corrected chi connectivity index (χ1v) is 6.88. The van der Waals surface area contributed by atoms with Gasteiger partial charge in [0.2, 0.25) is 5.60 Å². The molecule has 0 fully saturated rings. The van der Waals surface area contributed by atoms with E-state index in [2.05, 4.69) is 9.98 Å². The molecule has 0 spiro atoms. The van der Waals surface area contributed by atoms with Crippen LogP contribution in [-0.4, -0.2) is 33.2 Å². The molecule has 0 amide bonds. The highest BCUT2D eigenvalue weighted by molar-refractivity contribution is 5.97. The number of aromatic nitrogens is 2. The first-order valence-electron chi connectivity index (χ1n) is 6.88. The maximum atomic E-state index is 13.3. The van der Waals surface area contributed by atoms with Gasteiger partial charge in [0.05, 0.1) is 0 Å². The van der Waals surface area contributed by atoms with Gasteiger partial charge in [-0.05, 0) is 0 Å². The first kappa shape index (κ1) is 17.0. The minimum Gasteiger partial charge on any atom is -0.384 e. The van der Waals surface area contributed by atoms with E-state index in [0.29, 0.717) is 5.56 Å². The molecule has 23 heavy (non-hydrogen) atoms. The second kappa shape index (κ2) is 6.41. The van der Waals surface area contributed by atoms with Crippen LogP contribution in [0.5, 0.6) is 0 Å². The molecule has 1 heterocycles. The van der Waals surface area contributed by atoms with Crippen LogP contribution in [-0.2, 0) is 12.6 Å². The molecule has 0 aliphatic carbocycles. The van der Waals surface area contributed by atoms with E-state index in [-0.39, 0.29) is 12.4 Å². The highest BCUT2D eigenvalue weighted by Gasteiger charge is 2.57. The number of imidazole rings is 1. The fourth-order valence-corrected chi connectivity index (χ4v) is 2.18. The lowest BCUT2D eigenvalue weighted by atomic mass is 9.98. The number of alkyl halides is 3. The van der Waals surface area contributed by atoms with Crippen LogP contribution >= 0.6 is 0 Å². The van der Waals surface area contributed by atoms with Gasteiger partial charge in [-0.15, -0.1) is 0 Å². The summed E-state index contributed by atoms with van der Waals surface area (Å²) in [6.07, 6.45) is -3.00. The Balaban J connectivity index is 2.19. The van der Waals surface area contributed by atoms with E-state index in [1.54, 1.807) is 30.3 Å². The summed E-state index contributed by atoms with van der Waals surface area (Å²) in [6.45, 7) is -0.288. The standard InChI is InChI=1S/C15H17F3N4O/c1-22-10-9-21-13(22)14(23,15(16,17)18)7-8-20-12(19)11-5-3-2-4-6-11/h2-6,9-10,23H,7-8H2,1H3,(H2,19,20)/t14-/m0/s1. The van der Waals surface area contributed by atoms with Crippen molar-refractivity contribution in [1.82, 2.24) is 9.55 Å². The molecule has 2 rings (SSSR count). The van der Waals surface area contributed by atoms with Gasteiger partial charge in [-0.3, -0.25) is 4.99 Å². The van der Waals surface area contributed by atoms with E-state index in [4.69, 9.17) is 5.73 Å². The summed E-state index contributed by atoms with van der Waals surface area (Å²) in [5.74, 6) is -0.353. The third-order valence-electron chi connectivity index (χ3n) is 3.49. The van der Waals surface area contributed by atoms with E-state index in [1.807, 2.05) is 0 Å². The Labute approximate surface area is 131 Å². The van der Waals surface area contributed by atoms with Crippen LogP contribution in [0, 0.1) is 0 Å². The number of hydrogen-bond donors (Lipinski definition) is 2.